The van der Waals surface area contributed by atoms with Gasteiger partial charge in [0.15, 0.2) is 0 Å². The molecule has 123 valence electrons. The van der Waals surface area contributed by atoms with Gasteiger partial charge in [0, 0.05) is 10.8 Å². The maximum absolute atomic E-state index is 8.86. The van der Waals surface area contributed by atoms with Gasteiger partial charge in [-0.2, -0.15) is 0 Å². The van der Waals surface area contributed by atoms with Crippen molar-refractivity contribution in [2.24, 2.45) is 0 Å². The molecule has 5 aromatic rings. The predicted molar refractivity (Wildman–Crippen MR) is 105 cm³/mol. The fourth-order valence-electron chi connectivity index (χ4n) is 3.44. The smallest absolute Gasteiger partial charge is 0.537 e. The van der Waals surface area contributed by atoms with Crippen LogP contribution in [0.3, 0.4) is 0 Å². The van der Waals surface area contributed by atoms with Crippen molar-refractivity contribution in [1.82, 2.24) is 0 Å². The highest BCUT2D eigenvalue weighted by molar-refractivity contribution is 6.17. The molecule has 0 aliphatic heterocycles. The first kappa shape index (κ1) is 15.1. The van der Waals surface area contributed by atoms with Gasteiger partial charge in [-0.1, -0.05) is 42.5 Å². The van der Waals surface area contributed by atoms with Crippen molar-refractivity contribution >= 4 is 40.4 Å². The van der Waals surface area contributed by atoms with Crippen LogP contribution in [0, 0.1) is 0 Å². The summed E-state index contributed by atoms with van der Waals surface area (Å²) in [7, 11) is 0.684. The van der Waals surface area contributed by atoms with E-state index < -0.39 is 0 Å². The standard InChI is InChI=1S/C22H14BO3/c24-23-26-18-8-10-22-20(13-18)19-12-17(7-9-21(19)25-22)16-6-5-14-3-1-2-4-15(14)11-16/h1-13,24H. The van der Waals surface area contributed by atoms with E-state index in [4.69, 9.17) is 14.1 Å². The number of benzene rings is 4. The molecule has 0 saturated heterocycles. The number of rotatable bonds is 3. The van der Waals surface area contributed by atoms with Crippen molar-refractivity contribution < 1.29 is 14.1 Å². The van der Waals surface area contributed by atoms with Crippen LogP contribution in [0.1, 0.15) is 0 Å². The minimum absolute atomic E-state index is 0.568. The van der Waals surface area contributed by atoms with E-state index in [1.165, 1.54) is 10.8 Å². The van der Waals surface area contributed by atoms with E-state index in [0.717, 1.165) is 33.1 Å². The Labute approximate surface area is 150 Å². The molecule has 0 amide bonds. The molecule has 26 heavy (non-hydrogen) atoms. The molecule has 0 aliphatic carbocycles. The quantitative estimate of drug-likeness (QED) is 0.454. The zero-order valence-electron chi connectivity index (χ0n) is 13.8. The van der Waals surface area contributed by atoms with E-state index in [2.05, 4.69) is 54.6 Å². The Balaban J connectivity index is 1.69. The van der Waals surface area contributed by atoms with Gasteiger partial charge in [0.2, 0.25) is 0 Å². The number of hydrogen-bond donors (Lipinski definition) is 1. The van der Waals surface area contributed by atoms with Crippen LogP contribution >= 0.6 is 0 Å². The number of hydrogen-bond acceptors (Lipinski definition) is 3. The second-order valence-corrected chi connectivity index (χ2v) is 6.26. The Hall–Kier alpha value is -3.24. The van der Waals surface area contributed by atoms with E-state index in [0.29, 0.717) is 13.4 Å². The van der Waals surface area contributed by atoms with Crippen molar-refractivity contribution in [3.05, 3.63) is 78.9 Å². The van der Waals surface area contributed by atoms with Crippen molar-refractivity contribution in [1.29, 1.82) is 0 Å². The first-order valence-corrected chi connectivity index (χ1v) is 8.40. The molecular weight excluding hydrogens is 323 g/mol. The van der Waals surface area contributed by atoms with Crippen molar-refractivity contribution in [3.8, 4) is 16.9 Å². The minimum Gasteiger partial charge on any atom is -0.537 e. The van der Waals surface area contributed by atoms with Gasteiger partial charge >= 0.3 is 7.69 Å². The molecule has 1 N–H and O–H groups in total. The third-order valence-corrected chi connectivity index (χ3v) is 4.71. The average molecular weight is 337 g/mol. The molecule has 1 radical (unpaired) electrons. The molecular formula is C22H14BO3. The summed E-state index contributed by atoms with van der Waals surface area (Å²) in [5.74, 6) is 0.568. The van der Waals surface area contributed by atoms with Gasteiger partial charge in [-0.3, -0.25) is 0 Å². The van der Waals surface area contributed by atoms with Crippen LogP contribution in [0.25, 0.3) is 43.8 Å². The summed E-state index contributed by atoms with van der Waals surface area (Å²) in [6, 6.07) is 26.5. The monoisotopic (exact) mass is 337 g/mol. The van der Waals surface area contributed by atoms with E-state index >= 15 is 0 Å². The topological polar surface area (TPSA) is 42.6 Å². The lowest BCUT2D eigenvalue weighted by Crippen LogP contribution is -1.98. The van der Waals surface area contributed by atoms with Crippen LogP contribution in [0.4, 0.5) is 0 Å². The van der Waals surface area contributed by atoms with Crippen LogP contribution in [0.15, 0.2) is 83.3 Å². The summed E-state index contributed by atoms with van der Waals surface area (Å²) in [4.78, 5) is 0. The Morgan fingerprint density at radius 2 is 1.38 bits per heavy atom. The molecule has 0 bridgehead atoms. The average Bonchev–Trinajstić information content (AvgIpc) is 3.05. The first-order chi connectivity index (χ1) is 12.8. The molecule has 0 aliphatic rings. The normalized spacial score (nSPS) is 11.3. The molecule has 4 heteroatoms. The van der Waals surface area contributed by atoms with Crippen LogP contribution in [0.5, 0.6) is 5.75 Å². The highest BCUT2D eigenvalue weighted by Crippen LogP contribution is 2.34. The van der Waals surface area contributed by atoms with Gasteiger partial charge in [0.1, 0.15) is 16.9 Å². The maximum atomic E-state index is 8.86. The molecule has 5 rings (SSSR count). The van der Waals surface area contributed by atoms with Crippen LogP contribution < -0.4 is 4.65 Å². The maximum Gasteiger partial charge on any atom is 0.569 e. The second kappa shape index (κ2) is 5.93. The molecule has 3 nitrogen and oxygen atoms in total. The second-order valence-electron chi connectivity index (χ2n) is 6.26. The van der Waals surface area contributed by atoms with Crippen LogP contribution in [-0.4, -0.2) is 12.7 Å². The summed E-state index contributed by atoms with van der Waals surface area (Å²) < 4.78 is 11.0. The van der Waals surface area contributed by atoms with Crippen molar-refractivity contribution in [3.63, 3.8) is 0 Å². The summed E-state index contributed by atoms with van der Waals surface area (Å²) in [6.07, 6.45) is 0. The van der Waals surface area contributed by atoms with E-state index in [9.17, 15) is 0 Å². The van der Waals surface area contributed by atoms with Crippen LogP contribution in [-0.2, 0) is 0 Å². The fourth-order valence-corrected chi connectivity index (χ4v) is 3.44. The number of fused-ring (bicyclic) bond motifs is 4. The minimum atomic E-state index is 0.568. The zero-order chi connectivity index (χ0) is 17.5. The van der Waals surface area contributed by atoms with Gasteiger partial charge in [-0.25, -0.2) is 0 Å². The van der Waals surface area contributed by atoms with Gasteiger partial charge in [0.25, 0.3) is 0 Å². The lowest BCUT2D eigenvalue weighted by atomic mass is 9.99. The summed E-state index contributed by atoms with van der Waals surface area (Å²) in [6.45, 7) is 0. The molecule has 1 heterocycles. The molecule has 4 aromatic carbocycles. The Morgan fingerprint density at radius 3 is 2.23 bits per heavy atom. The SMILES string of the molecule is O[B]Oc1ccc2oc3ccc(-c4ccc5ccccc5c4)cc3c2c1. The van der Waals surface area contributed by atoms with Gasteiger partial charge in [-0.05, 0) is 58.3 Å². The lowest BCUT2D eigenvalue weighted by molar-refractivity contribution is 0.454. The summed E-state index contributed by atoms with van der Waals surface area (Å²) in [5.41, 5.74) is 3.91. The molecule has 0 atom stereocenters. The van der Waals surface area contributed by atoms with Crippen molar-refractivity contribution in [2.45, 2.75) is 0 Å². The van der Waals surface area contributed by atoms with E-state index in [1.807, 2.05) is 18.2 Å². The third-order valence-electron chi connectivity index (χ3n) is 4.71. The van der Waals surface area contributed by atoms with E-state index in [-0.39, 0.29) is 0 Å². The molecule has 0 unspecified atom stereocenters. The van der Waals surface area contributed by atoms with Crippen LogP contribution in [0.2, 0.25) is 0 Å². The largest absolute Gasteiger partial charge is 0.569 e. The Kier molecular flexibility index (Phi) is 3.44. The third kappa shape index (κ3) is 2.43. The first-order valence-electron chi connectivity index (χ1n) is 8.40. The fraction of sp³-hybridized carbons (Fsp3) is 0. The van der Waals surface area contributed by atoms with Crippen molar-refractivity contribution in [2.75, 3.05) is 0 Å². The van der Waals surface area contributed by atoms with Gasteiger partial charge in [0.05, 0.1) is 0 Å². The Morgan fingerprint density at radius 1 is 0.692 bits per heavy atom. The van der Waals surface area contributed by atoms with E-state index in [1.54, 1.807) is 6.07 Å². The molecule has 1 aromatic heterocycles. The Bertz CT molecular complexity index is 1260. The molecule has 0 spiro atoms. The number of furan rings is 1. The predicted octanol–water partition coefficient (Wildman–Crippen LogP) is 5.31. The van der Waals surface area contributed by atoms with Gasteiger partial charge < -0.3 is 14.1 Å². The zero-order valence-corrected chi connectivity index (χ0v) is 13.8. The lowest BCUT2D eigenvalue weighted by Gasteiger charge is -2.05. The summed E-state index contributed by atoms with van der Waals surface area (Å²) >= 11 is 0. The summed E-state index contributed by atoms with van der Waals surface area (Å²) in [5, 5.41) is 13.3. The highest BCUT2D eigenvalue weighted by Gasteiger charge is 2.10. The highest BCUT2D eigenvalue weighted by atomic mass is 16.5. The molecule has 0 saturated carbocycles. The van der Waals surface area contributed by atoms with Gasteiger partial charge in [-0.15, -0.1) is 0 Å². The molecule has 0 fully saturated rings.